The molecule has 0 spiro atoms. The predicted octanol–water partition coefficient (Wildman–Crippen LogP) is 4.95. The first-order valence-corrected chi connectivity index (χ1v) is 10.8. The lowest BCUT2D eigenvalue weighted by Gasteiger charge is -2.29. The fraction of sp³-hybridized carbons (Fsp3) is 0.286. The summed E-state index contributed by atoms with van der Waals surface area (Å²) in [6.45, 7) is 1.18. The fourth-order valence-electron chi connectivity index (χ4n) is 3.80. The Hall–Kier alpha value is -3.55. The molecule has 0 radical (unpaired) electrons. The van der Waals surface area contributed by atoms with Crippen LogP contribution in [-0.4, -0.2) is 34.6 Å². The van der Waals surface area contributed by atoms with E-state index in [1.807, 2.05) is 0 Å². The van der Waals surface area contributed by atoms with Gasteiger partial charge in [0.1, 0.15) is 15.5 Å². The second-order valence-electron chi connectivity index (χ2n) is 7.65. The maximum atomic E-state index is 14.2. The minimum absolute atomic E-state index is 0.0711. The van der Waals surface area contributed by atoms with Gasteiger partial charge < -0.3 is 20.7 Å². The summed E-state index contributed by atoms with van der Waals surface area (Å²) in [7, 11) is 0. The molecule has 186 valence electrons. The van der Waals surface area contributed by atoms with E-state index in [1.165, 1.54) is 11.8 Å². The Kier molecular flexibility index (Phi) is 6.03. The molecule has 0 fully saturated rings. The number of carbonyl (C=O) groups is 2. The van der Waals surface area contributed by atoms with E-state index in [4.69, 9.17) is 5.73 Å². The van der Waals surface area contributed by atoms with Crippen LogP contribution in [0.2, 0.25) is 0 Å². The second kappa shape index (κ2) is 8.59. The molecule has 7 nitrogen and oxygen atoms in total. The van der Waals surface area contributed by atoms with E-state index in [9.17, 15) is 35.9 Å². The maximum absolute atomic E-state index is 14.2. The first-order chi connectivity index (χ1) is 16.2. The molecule has 1 aromatic carbocycles. The smallest absolute Gasteiger partial charge is 0.406 e. The number of anilines is 2. The molecule has 2 aromatic heterocycles. The Morgan fingerprint density at radius 2 is 1.80 bits per heavy atom. The highest BCUT2D eigenvalue weighted by Gasteiger charge is 2.41. The van der Waals surface area contributed by atoms with E-state index in [2.05, 4.69) is 15.0 Å². The van der Waals surface area contributed by atoms with Crippen molar-refractivity contribution >= 4 is 44.7 Å². The van der Waals surface area contributed by atoms with Crippen LogP contribution in [0.4, 0.5) is 37.7 Å². The SMILES string of the molecule is CC(=O)N1CCc2nc3sc(C(=O)Nc4ccc(OC(F)(F)F)cc4)c(N)c3c(C(F)(F)F)c2C1. The summed E-state index contributed by atoms with van der Waals surface area (Å²) in [5.41, 5.74) is 4.61. The summed E-state index contributed by atoms with van der Waals surface area (Å²) >= 11 is 0.670. The molecule has 35 heavy (non-hydrogen) atoms. The zero-order chi connectivity index (χ0) is 25.7. The summed E-state index contributed by atoms with van der Waals surface area (Å²) in [5.74, 6) is -1.75. The number of thiophene rings is 1. The number of alkyl halides is 6. The van der Waals surface area contributed by atoms with E-state index in [-0.39, 0.29) is 52.1 Å². The largest absolute Gasteiger partial charge is 0.573 e. The number of carbonyl (C=O) groups excluding carboxylic acids is 2. The summed E-state index contributed by atoms with van der Waals surface area (Å²) in [5, 5.41) is 1.97. The topological polar surface area (TPSA) is 97.5 Å². The molecule has 3 heterocycles. The number of nitrogens with zero attached hydrogens (tertiary/aromatic N) is 2. The van der Waals surface area contributed by atoms with Gasteiger partial charge in [0.15, 0.2) is 0 Å². The zero-order valence-corrected chi connectivity index (χ0v) is 18.6. The molecule has 3 aromatic rings. The molecule has 4 rings (SSSR count). The number of halogens is 6. The van der Waals surface area contributed by atoms with Gasteiger partial charge in [0.05, 0.1) is 11.3 Å². The number of nitrogens with one attached hydrogen (secondary N) is 1. The Labute approximate surface area is 197 Å². The number of rotatable bonds is 3. The molecule has 0 aliphatic carbocycles. The molecule has 0 saturated heterocycles. The average Bonchev–Trinajstić information content (AvgIpc) is 3.07. The van der Waals surface area contributed by atoms with Gasteiger partial charge in [-0.1, -0.05) is 0 Å². The third-order valence-electron chi connectivity index (χ3n) is 5.31. The number of hydrogen-bond donors (Lipinski definition) is 2. The predicted molar refractivity (Wildman–Crippen MR) is 115 cm³/mol. The molecule has 14 heteroatoms. The lowest BCUT2D eigenvalue weighted by atomic mass is 9.96. The van der Waals surface area contributed by atoms with Crippen LogP contribution in [0.1, 0.15) is 33.4 Å². The molecule has 1 aliphatic rings. The van der Waals surface area contributed by atoms with Crippen molar-refractivity contribution in [3.05, 3.63) is 46.0 Å². The third-order valence-corrected chi connectivity index (χ3v) is 6.41. The lowest BCUT2D eigenvalue weighted by molar-refractivity contribution is -0.274. The highest BCUT2D eigenvalue weighted by Crippen LogP contribution is 2.45. The highest BCUT2D eigenvalue weighted by atomic mass is 32.1. The Morgan fingerprint density at radius 3 is 2.37 bits per heavy atom. The molecular formula is C21H16F6N4O3S. The minimum Gasteiger partial charge on any atom is -0.406 e. The van der Waals surface area contributed by atoms with Gasteiger partial charge in [0.2, 0.25) is 5.91 Å². The first-order valence-electron chi connectivity index (χ1n) is 9.98. The Balaban J connectivity index is 1.71. The molecule has 2 amide bonds. The van der Waals surface area contributed by atoms with E-state index < -0.39 is 40.8 Å². The van der Waals surface area contributed by atoms with Crippen molar-refractivity contribution in [2.24, 2.45) is 0 Å². The van der Waals surface area contributed by atoms with Crippen molar-refractivity contribution in [2.45, 2.75) is 32.4 Å². The fourth-order valence-corrected chi connectivity index (χ4v) is 4.82. The summed E-state index contributed by atoms with van der Waals surface area (Å²) in [6, 6.07) is 4.21. The molecule has 0 saturated carbocycles. The van der Waals surface area contributed by atoms with Crippen molar-refractivity contribution in [1.29, 1.82) is 0 Å². The number of nitrogens with two attached hydrogens (primary N) is 1. The normalized spacial score (nSPS) is 14.1. The summed E-state index contributed by atoms with van der Waals surface area (Å²) < 4.78 is 83.1. The number of hydrogen-bond acceptors (Lipinski definition) is 6. The van der Waals surface area contributed by atoms with Gasteiger partial charge in [-0.25, -0.2) is 4.98 Å². The average molecular weight is 518 g/mol. The van der Waals surface area contributed by atoms with Crippen LogP contribution >= 0.6 is 11.3 Å². The molecular weight excluding hydrogens is 502 g/mol. The standard InChI is InChI=1S/C21H16F6N4O3S/c1-9(32)31-7-6-13-12(8-31)15(20(22,23)24)14-16(28)17(35-19(14)30-13)18(33)29-10-2-4-11(5-3-10)34-21(25,26)27/h2-5H,6-8,28H2,1H3,(H,29,33). The maximum Gasteiger partial charge on any atom is 0.573 e. The van der Waals surface area contributed by atoms with Gasteiger partial charge in [0, 0.05) is 48.8 Å². The number of amides is 2. The van der Waals surface area contributed by atoms with Crippen LogP contribution in [0.5, 0.6) is 5.75 Å². The summed E-state index contributed by atoms with van der Waals surface area (Å²) in [6.07, 6.45) is -9.61. The van der Waals surface area contributed by atoms with Crippen LogP contribution in [0.25, 0.3) is 10.2 Å². The van der Waals surface area contributed by atoms with Crippen LogP contribution in [-0.2, 0) is 23.9 Å². The van der Waals surface area contributed by atoms with E-state index in [1.54, 1.807) is 0 Å². The molecule has 3 N–H and O–H groups in total. The first kappa shape index (κ1) is 24.6. The van der Waals surface area contributed by atoms with Gasteiger partial charge in [-0.2, -0.15) is 13.2 Å². The number of pyridine rings is 1. The van der Waals surface area contributed by atoms with Gasteiger partial charge in [-0.3, -0.25) is 9.59 Å². The number of nitrogen functional groups attached to an aromatic ring is 1. The molecule has 1 aliphatic heterocycles. The van der Waals surface area contributed by atoms with Crippen molar-refractivity contribution < 1.29 is 40.7 Å². The molecule has 0 bridgehead atoms. The van der Waals surface area contributed by atoms with E-state index in [0.29, 0.717) is 11.3 Å². The van der Waals surface area contributed by atoms with Gasteiger partial charge in [-0.05, 0) is 24.3 Å². The van der Waals surface area contributed by atoms with Crippen LogP contribution in [0.15, 0.2) is 24.3 Å². The summed E-state index contributed by atoms with van der Waals surface area (Å²) in [4.78, 5) is 29.8. The molecule has 0 unspecified atom stereocenters. The van der Waals surface area contributed by atoms with E-state index >= 15 is 0 Å². The van der Waals surface area contributed by atoms with Crippen molar-refractivity contribution in [1.82, 2.24) is 9.88 Å². The van der Waals surface area contributed by atoms with Crippen molar-refractivity contribution in [3.63, 3.8) is 0 Å². The number of fused-ring (bicyclic) bond motifs is 2. The Bertz CT molecular complexity index is 1320. The van der Waals surface area contributed by atoms with Crippen LogP contribution in [0, 0.1) is 0 Å². The molecule has 0 atom stereocenters. The minimum atomic E-state index is -4.89. The lowest BCUT2D eigenvalue weighted by Crippen LogP contribution is -2.36. The van der Waals surface area contributed by atoms with Crippen molar-refractivity contribution in [2.75, 3.05) is 17.6 Å². The van der Waals surface area contributed by atoms with Crippen LogP contribution in [0.3, 0.4) is 0 Å². The van der Waals surface area contributed by atoms with Crippen molar-refractivity contribution in [3.8, 4) is 5.75 Å². The monoisotopic (exact) mass is 518 g/mol. The quantitative estimate of drug-likeness (QED) is 0.478. The van der Waals surface area contributed by atoms with Gasteiger partial charge in [-0.15, -0.1) is 24.5 Å². The zero-order valence-electron chi connectivity index (χ0n) is 17.8. The number of aromatic nitrogens is 1. The van der Waals surface area contributed by atoms with Gasteiger partial charge in [0.25, 0.3) is 5.91 Å². The third kappa shape index (κ3) is 4.97. The number of benzene rings is 1. The van der Waals surface area contributed by atoms with Gasteiger partial charge >= 0.3 is 12.5 Å². The second-order valence-corrected chi connectivity index (χ2v) is 8.65. The van der Waals surface area contributed by atoms with Crippen LogP contribution < -0.4 is 15.8 Å². The Morgan fingerprint density at radius 1 is 1.14 bits per heavy atom. The number of ether oxygens (including phenoxy) is 1. The van der Waals surface area contributed by atoms with E-state index in [0.717, 1.165) is 24.3 Å². The highest BCUT2D eigenvalue weighted by molar-refractivity contribution is 7.21.